The maximum absolute atomic E-state index is 10.3. The fourth-order valence-electron chi connectivity index (χ4n) is 1.01. The molecule has 0 spiro atoms. The minimum absolute atomic E-state index is 0.107. The van der Waals surface area contributed by atoms with Crippen molar-refractivity contribution in [3.05, 3.63) is 11.6 Å². The van der Waals surface area contributed by atoms with Crippen molar-refractivity contribution < 1.29 is 9.53 Å². The summed E-state index contributed by atoms with van der Waals surface area (Å²) in [4.78, 5) is 10.3. The van der Waals surface area contributed by atoms with E-state index in [1.165, 1.54) is 0 Å². The van der Waals surface area contributed by atoms with Crippen LogP contribution < -0.4 is 0 Å². The minimum Gasteiger partial charge on any atom is -0.377 e. The van der Waals surface area contributed by atoms with Crippen LogP contribution in [0.3, 0.4) is 0 Å². The lowest BCUT2D eigenvalue weighted by molar-refractivity contribution is -0.104. The number of aldehydes is 1. The van der Waals surface area contributed by atoms with Gasteiger partial charge in [0.25, 0.3) is 0 Å². The summed E-state index contributed by atoms with van der Waals surface area (Å²) in [5, 5.41) is 0. The summed E-state index contributed by atoms with van der Waals surface area (Å²) in [5.41, 5.74) is 0.748. The van der Waals surface area contributed by atoms with Crippen LogP contribution in [0.1, 0.15) is 33.1 Å². The molecule has 0 aliphatic rings. The Morgan fingerprint density at radius 3 is 2.67 bits per heavy atom. The number of carbonyl (C=O) groups is 1. The van der Waals surface area contributed by atoms with Crippen LogP contribution in [0.4, 0.5) is 0 Å². The molecule has 0 heterocycles. The topological polar surface area (TPSA) is 26.3 Å². The first-order valence-electron chi connectivity index (χ1n) is 4.41. The molecule has 2 nitrogen and oxygen atoms in total. The van der Waals surface area contributed by atoms with E-state index >= 15 is 0 Å². The molecule has 0 saturated heterocycles. The lowest BCUT2D eigenvalue weighted by Crippen LogP contribution is -2.07. The SMILES string of the molecule is CCCCC(C=C(C)C=O)OC. The standard InChI is InChI=1S/C10H18O2/c1-4-5-6-10(12-3)7-9(2)8-11/h7-8,10H,4-6H2,1-3H3. The van der Waals surface area contributed by atoms with Gasteiger partial charge in [0.15, 0.2) is 0 Å². The van der Waals surface area contributed by atoms with Gasteiger partial charge in [-0.3, -0.25) is 4.79 Å². The molecule has 0 N–H and O–H groups in total. The third-order valence-corrected chi connectivity index (χ3v) is 1.78. The Morgan fingerprint density at radius 2 is 2.25 bits per heavy atom. The second kappa shape index (κ2) is 7.04. The van der Waals surface area contributed by atoms with E-state index in [4.69, 9.17) is 4.74 Å². The summed E-state index contributed by atoms with van der Waals surface area (Å²) in [6.07, 6.45) is 6.14. The number of methoxy groups -OCH3 is 1. The van der Waals surface area contributed by atoms with Crippen LogP contribution >= 0.6 is 0 Å². The van der Waals surface area contributed by atoms with Crippen LogP contribution in [0.2, 0.25) is 0 Å². The molecule has 0 rings (SSSR count). The van der Waals surface area contributed by atoms with E-state index in [0.717, 1.165) is 31.1 Å². The number of ether oxygens (including phenoxy) is 1. The molecule has 0 aromatic rings. The van der Waals surface area contributed by atoms with Crippen LogP contribution in [0.5, 0.6) is 0 Å². The summed E-state index contributed by atoms with van der Waals surface area (Å²) in [5.74, 6) is 0. The third-order valence-electron chi connectivity index (χ3n) is 1.78. The Labute approximate surface area is 74.6 Å². The zero-order valence-corrected chi connectivity index (χ0v) is 8.17. The van der Waals surface area contributed by atoms with Gasteiger partial charge in [-0.1, -0.05) is 19.8 Å². The molecule has 1 atom stereocenters. The summed E-state index contributed by atoms with van der Waals surface area (Å²) in [6.45, 7) is 3.94. The highest BCUT2D eigenvalue weighted by molar-refractivity contribution is 5.72. The lowest BCUT2D eigenvalue weighted by Gasteiger charge is -2.09. The molecular formula is C10H18O2. The van der Waals surface area contributed by atoms with Crippen LogP contribution in [-0.4, -0.2) is 19.5 Å². The van der Waals surface area contributed by atoms with E-state index in [-0.39, 0.29) is 6.10 Å². The van der Waals surface area contributed by atoms with Gasteiger partial charge < -0.3 is 4.74 Å². The van der Waals surface area contributed by atoms with E-state index in [2.05, 4.69) is 6.92 Å². The molecule has 0 bridgehead atoms. The molecule has 0 aromatic heterocycles. The highest BCUT2D eigenvalue weighted by Crippen LogP contribution is 2.06. The third kappa shape index (κ3) is 5.08. The van der Waals surface area contributed by atoms with Gasteiger partial charge in [-0.15, -0.1) is 0 Å². The molecule has 1 unspecified atom stereocenters. The molecule has 0 saturated carbocycles. The number of rotatable bonds is 6. The highest BCUT2D eigenvalue weighted by Gasteiger charge is 2.02. The normalized spacial score (nSPS) is 14.4. The fraction of sp³-hybridized carbons (Fsp3) is 0.700. The van der Waals surface area contributed by atoms with E-state index in [9.17, 15) is 4.79 Å². The van der Waals surface area contributed by atoms with E-state index in [0.29, 0.717) is 0 Å². The molecule has 2 heteroatoms. The monoisotopic (exact) mass is 170 g/mol. The zero-order chi connectivity index (χ0) is 9.40. The van der Waals surface area contributed by atoms with Crippen LogP contribution in [0.15, 0.2) is 11.6 Å². The molecule has 12 heavy (non-hydrogen) atoms. The van der Waals surface area contributed by atoms with Crippen LogP contribution in [0.25, 0.3) is 0 Å². The van der Waals surface area contributed by atoms with Gasteiger partial charge in [0.05, 0.1) is 6.10 Å². The Balaban J connectivity index is 3.89. The van der Waals surface area contributed by atoms with Crippen molar-refractivity contribution >= 4 is 6.29 Å². The average Bonchev–Trinajstić information content (AvgIpc) is 2.11. The van der Waals surface area contributed by atoms with E-state index < -0.39 is 0 Å². The van der Waals surface area contributed by atoms with E-state index in [1.807, 2.05) is 6.08 Å². The number of unbranched alkanes of at least 4 members (excludes halogenated alkanes) is 1. The predicted octanol–water partition coefficient (Wildman–Crippen LogP) is 2.34. The van der Waals surface area contributed by atoms with Gasteiger partial charge in [0.2, 0.25) is 0 Å². The zero-order valence-electron chi connectivity index (χ0n) is 8.17. The van der Waals surface area contributed by atoms with Gasteiger partial charge in [-0.2, -0.15) is 0 Å². The molecule has 0 aliphatic carbocycles. The molecule has 0 amide bonds. The number of carbonyl (C=O) groups excluding carboxylic acids is 1. The van der Waals surface area contributed by atoms with Crippen molar-refractivity contribution in [2.45, 2.75) is 39.2 Å². The largest absolute Gasteiger partial charge is 0.377 e. The number of allylic oxidation sites excluding steroid dienone is 1. The minimum atomic E-state index is 0.107. The second-order valence-electron chi connectivity index (χ2n) is 2.94. The average molecular weight is 170 g/mol. The highest BCUT2D eigenvalue weighted by atomic mass is 16.5. The first-order chi connectivity index (χ1) is 5.74. The number of hydrogen-bond acceptors (Lipinski definition) is 2. The second-order valence-corrected chi connectivity index (χ2v) is 2.94. The molecule has 0 aromatic carbocycles. The lowest BCUT2D eigenvalue weighted by atomic mass is 10.1. The summed E-state index contributed by atoms with van der Waals surface area (Å²) in [7, 11) is 1.68. The fourth-order valence-corrected chi connectivity index (χ4v) is 1.01. The predicted molar refractivity (Wildman–Crippen MR) is 50.1 cm³/mol. The molecule has 70 valence electrons. The first-order valence-corrected chi connectivity index (χ1v) is 4.41. The smallest absolute Gasteiger partial charge is 0.145 e. The molecule has 0 fully saturated rings. The van der Waals surface area contributed by atoms with Gasteiger partial charge >= 0.3 is 0 Å². The molecule has 0 aliphatic heterocycles. The Hall–Kier alpha value is -0.630. The van der Waals surface area contributed by atoms with E-state index in [1.54, 1.807) is 14.0 Å². The van der Waals surface area contributed by atoms with Gasteiger partial charge in [-0.05, 0) is 25.0 Å². The Kier molecular flexibility index (Phi) is 6.67. The van der Waals surface area contributed by atoms with Gasteiger partial charge in [0, 0.05) is 7.11 Å². The van der Waals surface area contributed by atoms with Crippen molar-refractivity contribution in [2.75, 3.05) is 7.11 Å². The maximum atomic E-state index is 10.3. The first kappa shape index (κ1) is 11.4. The Bertz CT molecular complexity index is 150. The van der Waals surface area contributed by atoms with Crippen molar-refractivity contribution in [2.24, 2.45) is 0 Å². The van der Waals surface area contributed by atoms with Crippen LogP contribution in [-0.2, 0) is 9.53 Å². The van der Waals surface area contributed by atoms with Crippen molar-refractivity contribution in [3.8, 4) is 0 Å². The van der Waals surface area contributed by atoms with Crippen molar-refractivity contribution in [1.82, 2.24) is 0 Å². The van der Waals surface area contributed by atoms with Gasteiger partial charge in [-0.25, -0.2) is 0 Å². The van der Waals surface area contributed by atoms with Crippen LogP contribution in [0, 0.1) is 0 Å². The Morgan fingerprint density at radius 1 is 1.58 bits per heavy atom. The summed E-state index contributed by atoms with van der Waals surface area (Å²) < 4.78 is 5.19. The summed E-state index contributed by atoms with van der Waals surface area (Å²) in [6, 6.07) is 0. The molecule has 0 radical (unpaired) electrons. The number of hydrogen-bond donors (Lipinski definition) is 0. The van der Waals surface area contributed by atoms with Crippen molar-refractivity contribution in [1.29, 1.82) is 0 Å². The molecular weight excluding hydrogens is 152 g/mol. The quantitative estimate of drug-likeness (QED) is 0.452. The van der Waals surface area contributed by atoms with Crippen molar-refractivity contribution in [3.63, 3.8) is 0 Å². The summed E-state index contributed by atoms with van der Waals surface area (Å²) >= 11 is 0. The maximum Gasteiger partial charge on any atom is 0.145 e. The van der Waals surface area contributed by atoms with Gasteiger partial charge in [0.1, 0.15) is 6.29 Å².